The van der Waals surface area contributed by atoms with Crippen LogP contribution in [0.5, 0.6) is 0 Å². The molecule has 0 aromatic carbocycles. The van der Waals surface area contributed by atoms with E-state index >= 15 is 0 Å². The van der Waals surface area contributed by atoms with Crippen molar-refractivity contribution in [2.45, 2.75) is 45.1 Å². The van der Waals surface area contributed by atoms with Gasteiger partial charge in [-0.3, -0.25) is 0 Å². The molecule has 0 aliphatic heterocycles. The van der Waals surface area contributed by atoms with E-state index in [1.54, 1.807) is 11.0 Å². The monoisotopic (exact) mass is 254 g/mol. The van der Waals surface area contributed by atoms with Gasteiger partial charge in [-0.15, -0.1) is 6.58 Å². The van der Waals surface area contributed by atoms with Gasteiger partial charge in [0.25, 0.3) is 0 Å². The van der Waals surface area contributed by atoms with E-state index in [4.69, 9.17) is 5.11 Å². The standard InChI is InChI=1S/C14H26N2O2/c1-3-9-16(10-11-17)14(18)15-13-8-6-5-7-12(13)4-2/h3,12-13,17H,1,4-11H2,2H3,(H,15,18). The number of carbonyl (C=O) groups excluding carboxylic acids is 1. The molecule has 4 heteroatoms. The van der Waals surface area contributed by atoms with Crippen LogP contribution in [0.15, 0.2) is 12.7 Å². The lowest BCUT2D eigenvalue weighted by Gasteiger charge is -2.33. The first kappa shape index (κ1) is 15.0. The molecular weight excluding hydrogens is 228 g/mol. The lowest BCUT2D eigenvalue weighted by molar-refractivity contribution is 0.169. The molecule has 0 bridgehead atoms. The van der Waals surface area contributed by atoms with E-state index in [0.717, 1.165) is 12.8 Å². The summed E-state index contributed by atoms with van der Waals surface area (Å²) in [6.07, 6.45) is 7.56. The molecule has 1 rings (SSSR count). The number of nitrogens with zero attached hydrogens (tertiary/aromatic N) is 1. The molecule has 1 saturated carbocycles. The first-order valence-electron chi connectivity index (χ1n) is 7.00. The van der Waals surface area contributed by atoms with Crippen molar-refractivity contribution in [1.29, 1.82) is 0 Å². The maximum absolute atomic E-state index is 12.1. The predicted molar refractivity (Wildman–Crippen MR) is 73.4 cm³/mol. The number of rotatable bonds is 6. The molecule has 2 amide bonds. The summed E-state index contributed by atoms with van der Waals surface area (Å²) in [5.74, 6) is 0.599. The maximum Gasteiger partial charge on any atom is 0.317 e. The lowest BCUT2D eigenvalue weighted by Crippen LogP contribution is -2.49. The van der Waals surface area contributed by atoms with Gasteiger partial charge in [0, 0.05) is 19.1 Å². The molecule has 2 atom stereocenters. The molecule has 1 aliphatic carbocycles. The third kappa shape index (κ3) is 4.33. The van der Waals surface area contributed by atoms with Crippen LogP contribution in [0.4, 0.5) is 4.79 Å². The molecule has 0 radical (unpaired) electrons. The summed E-state index contributed by atoms with van der Waals surface area (Å²) in [4.78, 5) is 13.7. The SMILES string of the molecule is C=CCN(CCO)C(=O)NC1CCCCC1CC. The van der Waals surface area contributed by atoms with Crippen molar-refractivity contribution in [2.75, 3.05) is 19.7 Å². The molecule has 0 aromatic heterocycles. The Balaban J connectivity index is 2.51. The summed E-state index contributed by atoms with van der Waals surface area (Å²) < 4.78 is 0. The van der Waals surface area contributed by atoms with Crippen LogP contribution in [0.2, 0.25) is 0 Å². The van der Waals surface area contributed by atoms with Crippen molar-refractivity contribution >= 4 is 6.03 Å². The molecule has 1 aliphatic rings. The fourth-order valence-electron chi connectivity index (χ4n) is 2.69. The first-order valence-corrected chi connectivity index (χ1v) is 7.00. The first-order chi connectivity index (χ1) is 8.72. The summed E-state index contributed by atoms with van der Waals surface area (Å²) in [5.41, 5.74) is 0. The van der Waals surface area contributed by atoms with E-state index in [2.05, 4.69) is 18.8 Å². The molecule has 0 heterocycles. The highest BCUT2D eigenvalue weighted by Crippen LogP contribution is 2.26. The average molecular weight is 254 g/mol. The number of urea groups is 1. The third-order valence-electron chi connectivity index (χ3n) is 3.75. The largest absolute Gasteiger partial charge is 0.395 e. The van der Waals surface area contributed by atoms with Crippen LogP contribution in [-0.4, -0.2) is 41.8 Å². The quantitative estimate of drug-likeness (QED) is 0.714. The van der Waals surface area contributed by atoms with Crippen LogP contribution in [0.1, 0.15) is 39.0 Å². The van der Waals surface area contributed by atoms with Gasteiger partial charge in [-0.2, -0.15) is 0 Å². The van der Waals surface area contributed by atoms with Crippen LogP contribution in [0.3, 0.4) is 0 Å². The van der Waals surface area contributed by atoms with Crippen molar-refractivity contribution in [3.8, 4) is 0 Å². The Hall–Kier alpha value is -1.03. The number of aliphatic hydroxyl groups excluding tert-OH is 1. The van der Waals surface area contributed by atoms with Gasteiger partial charge in [-0.25, -0.2) is 4.79 Å². The molecule has 2 N–H and O–H groups in total. The van der Waals surface area contributed by atoms with E-state index in [1.165, 1.54) is 19.3 Å². The number of nitrogens with one attached hydrogen (secondary N) is 1. The predicted octanol–water partition coefficient (Wildman–Crippen LogP) is 2.15. The number of aliphatic hydroxyl groups is 1. The van der Waals surface area contributed by atoms with E-state index in [9.17, 15) is 4.79 Å². The zero-order valence-corrected chi connectivity index (χ0v) is 11.4. The smallest absolute Gasteiger partial charge is 0.317 e. The van der Waals surface area contributed by atoms with Crippen molar-refractivity contribution in [3.05, 3.63) is 12.7 Å². The Morgan fingerprint density at radius 1 is 1.50 bits per heavy atom. The molecule has 18 heavy (non-hydrogen) atoms. The van der Waals surface area contributed by atoms with Gasteiger partial charge in [-0.1, -0.05) is 32.3 Å². The lowest BCUT2D eigenvalue weighted by atomic mass is 9.83. The topological polar surface area (TPSA) is 52.6 Å². The Labute approximate surface area is 110 Å². The second-order valence-corrected chi connectivity index (χ2v) is 4.97. The highest BCUT2D eigenvalue weighted by atomic mass is 16.3. The van der Waals surface area contributed by atoms with Crippen molar-refractivity contribution in [1.82, 2.24) is 10.2 Å². The van der Waals surface area contributed by atoms with Gasteiger partial charge in [0.05, 0.1) is 6.61 Å². The molecule has 0 saturated heterocycles. The Kier molecular flexibility index (Phi) is 6.80. The van der Waals surface area contributed by atoms with Gasteiger partial charge < -0.3 is 15.3 Å². The minimum absolute atomic E-state index is 0.0108. The second-order valence-electron chi connectivity index (χ2n) is 4.97. The number of amides is 2. The van der Waals surface area contributed by atoms with E-state index in [-0.39, 0.29) is 12.6 Å². The van der Waals surface area contributed by atoms with Crippen LogP contribution >= 0.6 is 0 Å². The summed E-state index contributed by atoms with van der Waals surface area (Å²) in [6.45, 7) is 6.66. The molecule has 0 spiro atoms. The Morgan fingerprint density at radius 2 is 2.22 bits per heavy atom. The highest BCUT2D eigenvalue weighted by molar-refractivity contribution is 5.74. The van der Waals surface area contributed by atoms with E-state index in [1.807, 2.05) is 0 Å². The summed E-state index contributed by atoms with van der Waals surface area (Å²) in [6, 6.07) is 0.219. The van der Waals surface area contributed by atoms with Gasteiger partial charge in [0.15, 0.2) is 0 Å². The van der Waals surface area contributed by atoms with Crippen molar-refractivity contribution in [2.24, 2.45) is 5.92 Å². The Bertz CT molecular complexity index is 269. The van der Waals surface area contributed by atoms with Gasteiger partial charge in [0.1, 0.15) is 0 Å². The summed E-state index contributed by atoms with van der Waals surface area (Å²) in [7, 11) is 0. The van der Waals surface area contributed by atoms with Crippen LogP contribution in [0.25, 0.3) is 0 Å². The summed E-state index contributed by atoms with van der Waals surface area (Å²) in [5, 5.41) is 12.1. The van der Waals surface area contributed by atoms with E-state index < -0.39 is 0 Å². The maximum atomic E-state index is 12.1. The normalized spacial score (nSPS) is 23.4. The van der Waals surface area contributed by atoms with Gasteiger partial charge in [-0.05, 0) is 18.8 Å². The summed E-state index contributed by atoms with van der Waals surface area (Å²) >= 11 is 0. The number of hydrogen-bond donors (Lipinski definition) is 2. The molecule has 1 fully saturated rings. The van der Waals surface area contributed by atoms with Crippen LogP contribution in [0, 0.1) is 5.92 Å². The minimum Gasteiger partial charge on any atom is -0.395 e. The number of carbonyl (C=O) groups is 1. The molecule has 0 aromatic rings. The Morgan fingerprint density at radius 3 is 2.83 bits per heavy atom. The van der Waals surface area contributed by atoms with Gasteiger partial charge in [0.2, 0.25) is 0 Å². The fourth-order valence-corrected chi connectivity index (χ4v) is 2.69. The zero-order valence-electron chi connectivity index (χ0n) is 11.4. The van der Waals surface area contributed by atoms with Crippen LogP contribution < -0.4 is 5.32 Å². The fraction of sp³-hybridized carbons (Fsp3) is 0.786. The highest BCUT2D eigenvalue weighted by Gasteiger charge is 2.26. The van der Waals surface area contributed by atoms with Crippen molar-refractivity contribution in [3.63, 3.8) is 0 Å². The molecule has 4 nitrogen and oxygen atoms in total. The van der Waals surface area contributed by atoms with E-state index in [0.29, 0.717) is 25.0 Å². The third-order valence-corrected chi connectivity index (χ3v) is 3.75. The van der Waals surface area contributed by atoms with Gasteiger partial charge >= 0.3 is 6.03 Å². The van der Waals surface area contributed by atoms with Crippen molar-refractivity contribution < 1.29 is 9.90 Å². The molecule has 104 valence electrons. The van der Waals surface area contributed by atoms with Crippen LogP contribution in [-0.2, 0) is 0 Å². The zero-order chi connectivity index (χ0) is 13.4. The number of hydrogen-bond acceptors (Lipinski definition) is 2. The minimum atomic E-state index is -0.0747. The average Bonchev–Trinajstić information content (AvgIpc) is 2.39. The molecule has 2 unspecified atom stereocenters. The molecular formula is C14H26N2O2. The second kappa shape index (κ2) is 8.14.